The van der Waals surface area contributed by atoms with Gasteiger partial charge in [-0.25, -0.2) is 4.99 Å². The van der Waals surface area contributed by atoms with E-state index in [1.54, 1.807) is 6.20 Å². The Morgan fingerprint density at radius 3 is 1.50 bits per heavy atom. The SMILES string of the molecule is CC(=O)C=C(C)O.CC(=O)C=C(C)O.CCC1=C(CC)C2=NC1=CC1=C(CC)C(CC)C(C=C3[N-][C@@H](C=c4[n-]c(c(CC)c4CC)=C2)C(CC)=C3CC)[N-]1.[Ir].[Ir].[Ir].[Pt].[c-]1ccc(-c2ccccc2)cc1-c1ccccn1.[c-]1ccccc1-c1nc2ccccc2c2ccccc12.[c-]1ccccc1-c1nc2ccccc2nc1-c1ccccc1. The van der Waals surface area contributed by atoms with Gasteiger partial charge in [0.1, 0.15) is 0 Å². The van der Waals surface area contributed by atoms with Crippen LogP contribution in [0, 0.1) is 24.1 Å². The van der Waals surface area contributed by atoms with Gasteiger partial charge in [0, 0.05) is 111 Å². The van der Waals surface area contributed by atoms with Gasteiger partial charge in [-0.2, -0.15) is 0 Å². The van der Waals surface area contributed by atoms with Gasteiger partial charge in [-0.05, 0) is 147 Å². The number of para-hydroxylation sites is 3. The topological polar surface area (TPSA) is 181 Å². The van der Waals surface area contributed by atoms with E-state index in [0.717, 1.165) is 146 Å². The molecular formula is C102H100Ir3N8O4Pt-6. The molecule has 2 unspecified atom stereocenters. The van der Waals surface area contributed by atoms with Crippen molar-refractivity contribution in [3.63, 3.8) is 0 Å². The van der Waals surface area contributed by atoms with E-state index in [1.165, 1.54) is 106 Å². The molecule has 4 aromatic heterocycles. The second kappa shape index (κ2) is 46.9. The average Bonchev–Trinajstić information content (AvgIpc) is 1.68. The minimum Gasteiger partial charge on any atom is -0.678 e. The van der Waals surface area contributed by atoms with Crippen molar-refractivity contribution in [2.24, 2.45) is 10.9 Å². The first kappa shape index (κ1) is 95.1. The summed E-state index contributed by atoms with van der Waals surface area (Å²) in [5.41, 5.74) is 27.2. The van der Waals surface area contributed by atoms with Gasteiger partial charge in [0.15, 0.2) is 11.6 Å². The maximum absolute atomic E-state index is 10.0. The predicted molar refractivity (Wildman–Crippen MR) is 472 cm³/mol. The molecule has 16 heteroatoms. The van der Waals surface area contributed by atoms with Crippen molar-refractivity contribution in [3.8, 4) is 56.2 Å². The van der Waals surface area contributed by atoms with E-state index in [2.05, 4.69) is 188 Å². The molecule has 16 rings (SSSR count). The standard InChI is InChI=1S/C36H47N4.C20H13N2.C19H12N.C17H12N.2C5H8O2.3Ir.Pt/c1-9-21-22(10-2)30-18-32-25(13-5)26(14-6)34(39-32)20-36-28(16-8)27(15-7)35(40-36)19-33-24(12-4)23(11-3)31(38-33)17-29(21)37-30;1-3-9-15(10-4-1)19-20(16-11-5-2-6-12-16)22-18-14-8-7-13-17(18)21-19;1-2-8-14(9-3-1)19-17-12-5-4-10-15(17)16-11-6-7-13-18(16)20-19;1-2-7-14(8-3-1)15-9-6-10-16(13-15)17-11-4-5-12-18-17;2*1-4(6)3-5(2)7;;;;/h17-21,29,33H,9-16H2,1-8H3;1-11,13-14H;1-8,10-13H;1-9,11-13H;2*3,6H,1-2H3;;;;/q-3;3*-1;;;;;;/t21?,29?,33-;;;;;;;;;/m0........./s1. The van der Waals surface area contributed by atoms with Crippen LogP contribution in [0.2, 0.25) is 0 Å². The molecule has 4 aliphatic rings. The number of fused-ring (bicyclic) bond motifs is 11. The molecule has 0 saturated heterocycles. The van der Waals surface area contributed by atoms with Gasteiger partial charge < -0.3 is 30.8 Å². The molecule has 0 saturated carbocycles. The number of hydrogen-bond donors (Lipinski definition) is 2. The first-order valence-corrected chi connectivity index (χ1v) is 39.8. The van der Waals surface area contributed by atoms with Crippen molar-refractivity contribution in [3.05, 3.63) is 356 Å². The molecule has 118 heavy (non-hydrogen) atoms. The Morgan fingerprint density at radius 1 is 0.449 bits per heavy atom. The molecule has 8 aromatic carbocycles. The second-order valence-corrected chi connectivity index (χ2v) is 28.0. The average molecular weight is 2270 g/mol. The summed E-state index contributed by atoms with van der Waals surface area (Å²) in [6.07, 6.45) is 21.4. The zero-order valence-electron chi connectivity index (χ0n) is 68.8. The number of rotatable bonds is 15. The van der Waals surface area contributed by atoms with E-state index < -0.39 is 0 Å². The number of nitrogens with zero attached hydrogens (tertiary/aromatic N) is 8. The molecule has 3 radical (unpaired) electrons. The molecule has 12 nitrogen and oxygen atoms in total. The van der Waals surface area contributed by atoms with Gasteiger partial charge >= 0.3 is 0 Å². The zero-order valence-corrected chi connectivity index (χ0v) is 78.3. The molecule has 0 amide bonds. The van der Waals surface area contributed by atoms with Crippen molar-refractivity contribution in [1.82, 2.24) is 24.9 Å². The van der Waals surface area contributed by atoms with E-state index in [-0.39, 0.29) is 117 Å². The van der Waals surface area contributed by atoms with Crippen LogP contribution in [0.4, 0.5) is 0 Å². The van der Waals surface area contributed by atoms with Crippen molar-refractivity contribution >= 4 is 62.1 Å². The number of aliphatic imine (C=N–C) groups is 1. The van der Waals surface area contributed by atoms with E-state index >= 15 is 0 Å². The molecule has 2 N–H and O–H groups in total. The van der Waals surface area contributed by atoms with E-state index in [0.29, 0.717) is 5.92 Å². The molecule has 0 aliphatic carbocycles. The number of carbonyl (C=O) groups is 2. The van der Waals surface area contributed by atoms with Crippen LogP contribution in [0.3, 0.4) is 0 Å². The summed E-state index contributed by atoms with van der Waals surface area (Å²) in [6, 6.07) is 83.0. The van der Waals surface area contributed by atoms with Crippen LogP contribution >= 0.6 is 0 Å². The summed E-state index contributed by atoms with van der Waals surface area (Å²) in [7, 11) is 0. The molecular weight excluding hydrogens is 2170 g/mol. The van der Waals surface area contributed by atoms with Crippen LogP contribution in [-0.2, 0) is 104 Å². The first-order chi connectivity index (χ1) is 55.5. The van der Waals surface area contributed by atoms with Crippen LogP contribution in [0.25, 0.3) is 112 Å². The number of allylic oxidation sites excluding steroid dienone is 8. The van der Waals surface area contributed by atoms with Crippen LogP contribution in [-0.4, -0.2) is 59.5 Å². The Hall–Kier alpha value is -10.0. The van der Waals surface area contributed by atoms with Crippen LogP contribution in [0.15, 0.2) is 310 Å². The number of pyridine rings is 2. The Balaban J connectivity index is 0.000000212. The minimum atomic E-state index is -0.125. The summed E-state index contributed by atoms with van der Waals surface area (Å²) < 4.78 is 0. The smallest absolute Gasteiger partial charge is 0.155 e. The van der Waals surface area contributed by atoms with Crippen LogP contribution in [0.5, 0.6) is 0 Å². The van der Waals surface area contributed by atoms with E-state index in [9.17, 15) is 9.59 Å². The Labute approximate surface area is 751 Å². The van der Waals surface area contributed by atoms with Crippen molar-refractivity contribution in [2.45, 2.75) is 147 Å². The number of aliphatic hydroxyl groups is 2. The minimum absolute atomic E-state index is 0. The third-order valence-electron chi connectivity index (χ3n) is 20.2. The predicted octanol–water partition coefficient (Wildman–Crippen LogP) is 23.9. The maximum Gasteiger partial charge on any atom is 0.155 e. The molecule has 0 fully saturated rings. The zero-order chi connectivity index (χ0) is 80.6. The van der Waals surface area contributed by atoms with Gasteiger partial charge in [0.2, 0.25) is 0 Å². The van der Waals surface area contributed by atoms with Gasteiger partial charge in [-0.3, -0.25) is 24.5 Å². The largest absolute Gasteiger partial charge is 0.678 e. The molecule has 615 valence electrons. The second-order valence-electron chi connectivity index (χ2n) is 28.0. The van der Waals surface area contributed by atoms with Gasteiger partial charge in [-0.15, -0.1) is 141 Å². The van der Waals surface area contributed by atoms with Crippen LogP contribution < -0.4 is 15.7 Å². The number of benzene rings is 8. The first-order valence-electron chi connectivity index (χ1n) is 39.8. The Morgan fingerprint density at radius 2 is 0.966 bits per heavy atom. The molecule has 8 bridgehead atoms. The van der Waals surface area contributed by atoms with Gasteiger partial charge in [0.25, 0.3) is 0 Å². The molecule has 8 heterocycles. The third kappa shape index (κ3) is 23.9. The summed E-state index contributed by atoms with van der Waals surface area (Å²) in [5.74, 6) is 0.287. The molecule has 4 aliphatic heterocycles. The van der Waals surface area contributed by atoms with Crippen LogP contribution in [0.1, 0.15) is 133 Å². The molecule has 12 aromatic rings. The fraction of sp³-hybridized carbons (Fsp3) is 0.225. The number of aromatic nitrogens is 5. The normalized spacial score (nSPS) is 14.9. The molecule has 3 atom stereocenters. The fourth-order valence-corrected chi connectivity index (χ4v) is 15.2. The summed E-state index contributed by atoms with van der Waals surface area (Å²) in [4.78, 5) is 49.5. The quantitative estimate of drug-likeness (QED) is 0.0437. The third-order valence-corrected chi connectivity index (χ3v) is 20.2. The number of hydrogen-bond acceptors (Lipinski definition) is 9. The Bertz CT molecular complexity index is 5630. The maximum atomic E-state index is 10.0. The number of carbonyl (C=O) groups excluding carboxylic acids is 2. The van der Waals surface area contributed by atoms with E-state index in [1.807, 2.05) is 133 Å². The molecule has 0 spiro atoms. The van der Waals surface area contributed by atoms with Crippen molar-refractivity contribution < 1.29 is 101 Å². The Kier molecular flexibility index (Phi) is 37.8. The van der Waals surface area contributed by atoms with Crippen molar-refractivity contribution in [1.29, 1.82) is 0 Å². The van der Waals surface area contributed by atoms with Gasteiger partial charge in [0.05, 0.1) is 45.2 Å². The summed E-state index contributed by atoms with van der Waals surface area (Å²) >= 11 is 0. The van der Waals surface area contributed by atoms with E-state index in [4.69, 9.17) is 45.8 Å². The fourth-order valence-electron chi connectivity index (χ4n) is 15.2. The summed E-state index contributed by atoms with van der Waals surface area (Å²) in [5, 5.41) is 33.3. The van der Waals surface area contributed by atoms with Gasteiger partial charge in [-0.1, -0.05) is 241 Å². The number of ketones is 2. The monoisotopic (exact) mass is 2270 g/mol. The summed E-state index contributed by atoms with van der Waals surface area (Å²) in [6.45, 7) is 23.8. The number of aliphatic hydroxyl groups excluding tert-OH is 2. The van der Waals surface area contributed by atoms with Crippen molar-refractivity contribution in [2.75, 3.05) is 0 Å².